The number of carbonyl (C=O) groups excluding carboxylic acids is 1. The Labute approximate surface area is 82.4 Å². The summed E-state index contributed by atoms with van der Waals surface area (Å²) in [4.78, 5) is 21.6. The Morgan fingerprint density at radius 2 is 2.14 bits per heavy atom. The van der Waals surface area contributed by atoms with Crippen LogP contribution in [0.3, 0.4) is 0 Å². The van der Waals surface area contributed by atoms with Gasteiger partial charge in [-0.05, 0) is 6.42 Å². The van der Waals surface area contributed by atoms with E-state index in [1.54, 1.807) is 6.08 Å². The number of aliphatic hydroxyl groups excluding tert-OH is 1. The molecule has 3 N–H and O–H groups in total. The van der Waals surface area contributed by atoms with E-state index in [1.165, 1.54) is 0 Å². The van der Waals surface area contributed by atoms with Gasteiger partial charge < -0.3 is 15.5 Å². The SMILES string of the molecule is C=CCCC(=O)N[C@H](CCO)C(=O)O. The molecule has 0 heterocycles. The zero-order valence-electron chi connectivity index (χ0n) is 7.90. The van der Waals surface area contributed by atoms with Gasteiger partial charge in [0.2, 0.25) is 5.91 Å². The number of carboxylic acid groups (broad SMARTS) is 1. The minimum atomic E-state index is -1.13. The minimum Gasteiger partial charge on any atom is -0.480 e. The van der Waals surface area contributed by atoms with Crippen molar-refractivity contribution in [1.82, 2.24) is 5.32 Å². The molecular formula is C9H15NO4. The number of hydrogen-bond donors (Lipinski definition) is 3. The maximum Gasteiger partial charge on any atom is 0.326 e. The summed E-state index contributed by atoms with van der Waals surface area (Å²) in [5.41, 5.74) is 0. The van der Waals surface area contributed by atoms with Gasteiger partial charge in [-0.25, -0.2) is 4.79 Å². The second-order valence-electron chi connectivity index (χ2n) is 2.80. The van der Waals surface area contributed by atoms with Crippen LogP contribution in [0, 0.1) is 0 Å². The standard InChI is InChI=1S/C9H15NO4/c1-2-3-4-8(12)10-7(5-6-11)9(13)14/h2,7,11H,1,3-6H2,(H,10,12)(H,13,14)/t7-/m1/s1. The smallest absolute Gasteiger partial charge is 0.326 e. The Balaban J connectivity index is 3.95. The Morgan fingerprint density at radius 1 is 1.50 bits per heavy atom. The van der Waals surface area contributed by atoms with Crippen molar-refractivity contribution in [1.29, 1.82) is 0 Å². The fourth-order valence-corrected chi connectivity index (χ4v) is 0.886. The largest absolute Gasteiger partial charge is 0.480 e. The van der Waals surface area contributed by atoms with Crippen LogP contribution in [0.4, 0.5) is 0 Å². The van der Waals surface area contributed by atoms with Gasteiger partial charge in [0.05, 0.1) is 0 Å². The van der Waals surface area contributed by atoms with E-state index in [0.717, 1.165) is 0 Å². The van der Waals surface area contributed by atoms with Gasteiger partial charge in [0, 0.05) is 19.4 Å². The van der Waals surface area contributed by atoms with Gasteiger partial charge in [-0.2, -0.15) is 0 Å². The van der Waals surface area contributed by atoms with Crippen LogP contribution < -0.4 is 5.32 Å². The first-order valence-corrected chi connectivity index (χ1v) is 4.35. The first-order chi connectivity index (χ1) is 6.61. The molecule has 14 heavy (non-hydrogen) atoms. The van der Waals surface area contributed by atoms with E-state index in [1.807, 2.05) is 0 Å². The molecular weight excluding hydrogens is 186 g/mol. The number of allylic oxidation sites excluding steroid dienone is 1. The molecule has 0 aliphatic heterocycles. The van der Waals surface area contributed by atoms with Gasteiger partial charge in [0.1, 0.15) is 6.04 Å². The number of nitrogens with one attached hydrogen (secondary N) is 1. The summed E-state index contributed by atoms with van der Waals surface area (Å²) >= 11 is 0. The first-order valence-electron chi connectivity index (χ1n) is 4.35. The molecule has 0 rings (SSSR count). The summed E-state index contributed by atoms with van der Waals surface area (Å²) < 4.78 is 0. The Hall–Kier alpha value is -1.36. The topological polar surface area (TPSA) is 86.6 Å². The highest BCUT2D eigenvalue weighted by Crippen LogP contribution is 1.95. The van der Waals surface area contributed by atoms with Crippen molar-refractivity contribution in [3.63, 3.8) is 0 Å². The summed E-state index contributed by atoms with van der Waals surface area (Å²) in [5, 5.41) is 19.5. The van der Waals surface area contributed by atoms with Crippen molar-refractivity contribution in [2.24, 2.45) is 0 Å². The number of amides is 1. The lowest BCUT2D eigenvalue weighted by Crippen LogP contribution is -2.41. The van der Waals surface area contributed by atoms with Crippen molar-refractivity contribution in [3.05, 3.63) is 12.7 Å². The van der Waals surface area contributed by atoms with Crippen LogP contribution in [-0.4, -0.2) is 34.7 Å². The molecule has 0 aromatic heterocycles. The zero-order valence-corrected chi connectivity index (χ0v) is 7.90. The molecule has 0 saturated carbocycles. The maximum atomic E-state index is 11.1. The quantitative estimate of drug-likeness (QED) is 0.502. The van der Waals surface area contributed by atoms with E-state index in [-0.39, 0.29) is 25.4 Å². The molecule has 0 aromatic carbocycles. The van der Waals surface area contributed by atoms with Gasteiger partial charge in [-0.15, -0.1) is 6.58 Å². The molecule has 0 aromatic rings. The molecule has 0 aliphatic carbocycles. The van der Waals surface area contributed by atoms with Crippen LogP contribution in [0.5, 0.6) is 0 Å². The van der Waals surface area contributed by atoms with Crippen molar-refractivity contribution >= 4 is 11.9 Å². The van der Waals surface area contributed by atoms with Crippen molar-refractivity contribution in [3.8, 4) is 0 Å². The highest BCUT2D eigenvalue weighted by Gasteiger charge is 2.18. The average Bonchev–Trinajstić information content (AvgIpc) is 2.14. The van der Waals surface area contributed by atoms with Crippen molar-refractivity contribution in [2.45, 2.75) is 25.3 Å². The lowest BCUT2D eigenvalue weighted by atomic mass is 10.2. The molecule has 0 bridgehead atoms. The first kappa shape index (κ1) is 12.6. The van der Waals surface area contributed by atoms with Crippen LogP contribution in [0.2, 0.25) is 0 Å². The van der Waals surface area contributed by atoms with Crippen LogP contribution >= 0.6 is 0 Å². The van der Waals surface area contributed by atoms with E-state index in [2.05, 4.69) is 11.9 Å². The molecule has 0 fully saturated rings. The van der Waals surface area contributed by atoms with E-state index in [0.29, 0.717) is 6.42 Å². The molecule has 0 saturated heterocycles. The monoisotopic (exact) mass is 201 g/mol. The predicted octanol–water partition coefficient (Wildman–Crippen LogP) is -0.0956. The molecule has 0 unspecified atom stereocenters. The molecule has 5 heteroatoms. The number of carboxylic acids is 1. The fraction of sp³-hybridized carbons (Fsp3) is 0.556. The summed E-state index contributed by atoms with van der Waals surface area (Å²) in [6.45, 7) is 3.18. The minimum absolute atomic E-state index is 0.0230. The second-order valence-corrected chi connectivity index (χ2v) is 2.80. The number of carbonyl (C=O) groups is 2. The molecule has 1 atom stereocenters. The van der Waals surface area contributed by atoms with Gasteiger partial charge in [-0.1, -0.05) is 6.08 Å². The number of aliphatic carboxylic acids is 1. The van der Waals surface area contributed by atoms with Gasteiger partial charge >= 0.3 is 5.97 Å². The Kier molecular flexibility index (Phi) is 6.39. The lowest BCUT2D eigenvalue weighted by Gasteiger charge is -2.12. The van der Waals surface area contributed by atoms with Gasteiger partial charge in [0.25, 0.3) is 0 Å². The molecule has 0 spiro atoms. The third-order valence-corrected chi connectivity index (χ3v) is 1.63. The molecule has 5 nitrogen and oxygen atoms in total. The van der Waals surface area contributed by atoms with E-state index in [4.69, 9.17) is 10.2 Å². The maximum absolute atomic E-state index is 11.1. The van der Waals surface area contributed by atoms with Crippen molar-refractivity contribution < 1.29 is 19.8 Å². The van der Waals surface area contributed by atoms with Crippen molar-refractivity contribution in [2.75, 3.05) is 6.61 Å². The van der Waals surface area contributed by atoms with E-state index < -0.39 is 12.0 Å². The Bertz CT molecular complexity index is 215. The summed E-state index contributed by atoms with van der Waals surface area (Å²) in [5.74, 6) is -1.48. The number of hydrogen-bond acceptors (Lipinski definition) is 3. The van der Waals surface area contributed by atoms with Gasteiger partial charge in [0.15, 0.2) is 0 Å². The van der Waals surface area contributed by atoms with E-state index in [9.17, 15) is 9.59 Å². The van der Waals surface area contributed by atoms with Crippen LogP contribution in [0.25, 0.3) is 0 Å². The highest BCUT2D eigenvalue weighted by molar-refractivity contribution is 5.83. The summed E-state index contributed by atoms with van der Waals surface area (Å²) in [6.07, 6.45) is 2.34. The lowest BCUT2D eigenvalue weighted by molar-refractivity contribution is -0.142. The third kappa shape index (κ3) is 5.31. The Morgan fingerprint density at radius 3 is 2.57 bits per heavy atom. The molecule has 1 amide bonds. The fourth-order valence-electron chi connectivity index (χ4n) is 0.886. The molecule has 0 radical (unpaired) electrons. The van der Waals surface area contributed by atoms with E-state index >= 15 is 0 Å². The molecule has 80 valence electrons. The van der Waals surface area contributed by atoms with Crippen LogP contribution in [0.15, 0.2) is 12.7 Å². The second kappa shape index (κ2) is 7.08. The summed E-state index contributed by atoms with van der Waals surface area (Å²) in [6, 6.07) is -1.00. The highest BCUT2D eigenvalue weighted by atomic mass is 16.4. The van der Waals surface area contributed by atoms with Gasteiger partial charge in [-0.3, -0.25) is 4.79 Å². The number of rotatable bonds is 7. The third-order valence-electron chi connectivity index (χ3n) is 1.63. The molecule has 0 aliphatic rings. The normalized spacial score (nSPS) is 11.8. The predicted molar refractivity (Wildman–Crippen MR) is 50.7 cm³/mol. The average molecular weight is 201 g/mol. The number of aliphatic hydroxyl groups is 1. The van der Waals surface area contributed by atoms with Crippen LogP contribution in [-0.2, 0) is 9.59 Å². The van der Waals surface area contributed by atoms with Crippen LogP contribution in [0.1, 0.15) is 19.3 Å². The zero-order chi connectivity index (χ0) is 11.0. The summed E-state index contributed by atoms with van der Waals surface area (Å²) in [7, 11) is 0.